The SMILES string of the molecule is C=C(CC)CC(NN)C(OC)C1CCCCC1. The second-order valence-corrected chi connectivity index (χ2v) is 5.18. The summed E-state index contributed by atoms with van der Waals surface area (Å²) < 4.78 is 5.70. The molecule has 1 aliphatic carbocycles. The number of nitrogens with one attached hydrogen (secondary N) is 1. The van der Waals surface area contributed by atoms with Crippen LogP contribution < -0.4 is 11.3 Å². The summed E-state index contributed by atoms with van der Waals surface area (Å²) in [5, 5.41) is 0. The highest BCUT2D eigenvalue weighted by Crippen LogP contribution is 2.30. The highest BCUT2D eigenvalue weighted by molar-refractivity contribution is 4.99. The predicted octanol–water partition coefficient (Wildman–Crippen LogP) is 2.77. The maximum atomic E-state index is 5.70. The molecule has 3 nitrogen and oxygen atoms in total. The molecule has 2 atom stereocenters. The van der Waals surface area contributed by atoms with Crippen molar-refractivity contribution in [1.29, 1.82) is 0 Å². The van der Waals surface area contributed by atoms with E-state index in [2.05, 4.69) is 18.9 Å². The van der Waals surface area contributed by atoms with Gasteiger partial charge >= 0.3 is 0 Å². The molecule has 1 aliphatic rings. The Kier molecular flexibility index (Phi) is 6.78. The van der Waals surface area contributed by atoms with E-state index >= 15 is 0 Å². The van der Waals surface area contributed by atoms with Crippen LogP contribution in [0.1, 0.15) is 51.9 Å². The Bertz CT molecular complexity index is 224. The van der Waals surface area contributed by atoms with Crippen LogP contribution in [-0.2, 0) is 4.74 Å². The summed E-state index contributed by atoms with van der Waals surface area (Å²) >= 11 is 0. The highest BCUT2D eigenvalue weighted by Gasteiger charge is 2.30. The van der Waals surface area contributed by atoms with Crippen molar-refractivity contribution >= 4 is 0 Å². The summed E-state index contributed by atoms with van der Waals surface area (Å²) in [5.74, 6) is 6.34. The number of methoxy groups -OCH3 is 1. The van der Waals surface area contributed by atoms with Gasteiger partial charge in [0.15, 0.2) is 0 Å². The molecule has 0 aromatic rings. The first-order valence-electron chi connectivity index (χ1n) is 6.88. The van der Waals surface area contributed by atoms with Crippen LogP contribution in [0.2, 0.25) is 0 Å². The van der Waals surface area contributed by atoms with Crippen LogP contribution in [-0.4, -0.2) is 19.3 Å². The third-order valence-electron chi connectivity index (χ3n) is 4.01. The minimum absolute atomic E-state index is 0.204. The summed E-state index contributed by atoms with van der Waals surface area (Å²) in [7, 11) is 1.80. The summed E-state index contributed by atoms with van der Waals surface area (Å²) in [5.41, 5.74) is 4.17. The first kappa shape index (κ1) is 14.7. The minimum Gasteiger partial charge on any atom is -0.379 e. The van der Waals surface area contributed by atoms with Crippen LogP contribution in [0.4, 0.5) is 0 Å². The largest absolute Gasteiger partial charge is 0.379 e. The van der Waals surface area contributed by atoms with Gasteiger partial charge in [0.05, 0.1) is 12.1 Å². The van der Waals surface area contributed by atoms with E-state index < -0.39 is 0 Å². The lowest BCUT2D eigenvalue weighted by Gasteiger charge is -2.34. The molecule has 17 heavy (non-hydrogen) atoms. The highest BCUT2D eigenvalue weighted by atomic mass is 16.5. The van der Waals surface area contributed by atoms with E-state index in [1.807, 2.05) is 0 Å². The van der Waals surface area contributed by atoms with Gasteiger partial charge in [-0.25, -0.2) is 0 Å². The first-order valence-corrected chi connectivity index (χ1v) is 6.88. The lowest BCUT2D eigenvalue weighted by atomic mass is 9.81. The molecule has 0 spiro atoms. The summed E-state index contributed by atoms with van der Waals surface area (Å²) in [6.45, 7) is 6.21. The number of hydrogen-bond acceptors (Lipinski definition) is 3. The van der Waals surface area contributed by atoms with Crippen molar-refractivity contribution in [3.63, 3.8) is 0 Å². The van der Waals surface area contributed by atoms with Crippen molar-refractivity contribution < 1.29 is 4.74 Å². The van der Waals surface area contributed by atoms with Gasteiger partial charge in [-0.1, -0.05) is 38.3 Å². The third kappa shape index (κ3) is 4.41. The van der Waals surface area contributed by atoms with Gasteiger partial charge in [0, 0.05) is 7.11 Å². The molecule has 0 saturated heterocycles. The maximum Gasteiger partial charge on any atom is 0.0768 e. The Morgan fingerprint density at radius 3 is 2.53 bits per heavy atom. The van der Waals surface area contributed by atoms with E-state index in [1.165, 1.54) is 37.7 Å². The van der Waals surface area contributed by atoms with Gasteiger partial charge in [0.1, 0.15) is 0 Å². The van der Waals surface area contributed by atoms with Crippen molar-refractivity contribution in [1.82, 2.24) is 5.43 Å². The van der Waals surface area contributed by atoms with Crippen LogP contribution in [0, 0.1) is 5.92 Å². The molecule has 0 bridgehead atoms. The van der Waals surface area contributed by atoms with E-state index in [-0.39, 0.29) is 12.1 Å². The summed E-state index contributed by atoms with van der Waals surface area (Å²) in [4.78, 5) is 0. The number of hydrogen-bond donors (Lipinski definition) is 2. The normalized spacial score (nSPS) is 21.1. The van der Waals surface area contributed by atoms with Crippen molar-refractivity contribution in [2.75, 3.05) is 7.11 Å². The molecule has 0 aromatic heterocycles. The topological polar surface area (TPSA) is 47.3 Å². The number of hydrazine groups is 1. The molecule has 2 unspecified atom stereocenters. The molecule has 3 heteroatoms. The fraction of sp³-hybridized carbons (Fsp3) is 0.857. The van der Waals surface area contributed by atoms with Crippen LogP contribution in [0.15, 0.2) is 12.2 Å². The van der Waals surface area contributed by atoms with E-state index in [1.54, 1.807) is 7.11 Å². The molecule has 1 fully saturated rings. The predicted molar refractivity (Wildman–Crippen MR) is 72.5 cm³/mol. The second kappa shape index (κ2) is 7.85. The summed E-state index contributed by atoms with van der Waals surface area (Å²) in [6, 6.07) is 0.204. The zero-order valence-corrected chi connectivity index (χ0v) is 11.4. The van der Waals surface area contributed by atoms with E-state index in [0.717, 1.165) is 12.8 Å². The van der Waals surface area contributed by atoms with Gasteiger partial charge in [0.25, 0.3) is 0 Å². The Morgan fingerprint density at radius 1 is 1.41 bits per heavy atom. The molecule has 1 rings (SSSR count). The van der Waals surface area contributed by atoms with Gasteiger partial charge in [-0.05, 0) is 31.6 Å². The van der Waals surface area contributed by atoms with Crippen LogP contribution in [0.5, 0.6) is 0 Å². The maximum absolute atomic E-state index is 5.70. The fourth-order valence-electron chi connectivity index (χ4n) is 2.87. The Balaban J connectivity index is 2.57. The molecule has 0 heterocycles. The van der Waals surface area contributed by atoms with Gasteiger partial charge in [-0.2, -0.15) is 0 Å². The Hall–Kier alpha value is -0.380. The third-order valence-corrected chi connectivity index (χ3v) is 4.01. The molecule has 1 saturated carbocycles. The van der Waals surface area contributed by atoms with Crippen molar-refractivity contribution in [2.24, 2.45) is 11.8 Å². The van der Waals surface area contributed by atoms with Gasteiger partial charge in [-0.3, -0.25) is 11.3 Å². The standard InChI is InChI=1S/C14H28N2O/c1-4-11(2)10-13(16-15)14(17-3)12-8-6-5-7-9-12/h12-14,16H,2,4-10,15H2,1,3H3. The average molecular weight is 240 g/mol. The van der Waals surface area contributed by atoms with Gasteiger partial charge in [-0.15, -0.1) is 0 Å². The van der Waals surface area contributed by atoms with E-state index in [9.17, 15) is 0 Å². The number of ether oxygens (including phenoxy) is 1. The van der Waals surface area contributed by atoms with Crippen molar-refractivity contribution in [3.05, 3.63) is 12.2 Å². The Labute approximate surface area is 106 Å². The van der Waals surface area contributed by atoms with Crippen molar-refractivity contribution in [3.8, 4) is 0 Å². The van der Waals surface area contributed by atoms with Gasteiger partial charge in [0.2, 0.25) is 0 Å². The van der Waals surface area contributed by atoms with Gasteiger partial charge < -0.3 is 4.74 Å². The number of rotatable bonds is 7. The molecule has 0 amide bonds. The van der Waals surface area contributed by atoms with Crippen LogP contribution >= 0.6 is 0 Å². The van der Waals surface area contributed by atoms with Crippen LogP contribution in [0.25, 0.3) is 0 Å². The van der Waals surface area contributed by atoms with E-state index in [0.29, 0.717) is 5.92 Å². The fourth-order valence-corrected chi connectivity index (χ4v) is 2.87. The lowest BCUT2D eigenvalue weighted by Crippen LogP contribution is -2.48. The first-order chi connectivity index (χ1) is 8.22. The van der Waals surface area contributed by atoms with E-state index in [4.69, 9.17) is 10.6 Å². The van der Waals surface area contributed by atoms with Crippen molar-refractivity contribution in [2.45, 2.75) is 64.0 Å². The average Bonchev–Trinajstić information content (AvgIpc) is 2.39. The molecular formula is C14H28N2O. The zero-order valence-electron chi connectivity index (χ0n) is 11.4. The number of nitrogens with two attached hydrogens (primary N) is 1. The molecule has 0 aromatic carbocycles. The smallest absolute Gasteiger partial charge is 0.0768 e. The Morgan fingerprint density at radius 2 is 2.06 bits per heavy atom. The zero-order chi connectivity index (χ0) is 12.7. The molecule has 100 valence electrons. The second-order valence-electron chi connectivity index (χ2n) is 5.18. The molecule has 0 aliphatic heterocycles. The molecule has 3 N–H and O–H groups in total. The quantitative estimate of drug-likeness (QED) is 0.409. The van der Waals surface area contributed by atoms with Crippen LogP contribution in [0.3, 0.4) is 0 Å². The molecule has 0 radical (unpaired) electrons. The minimum atomic E-state index is 0.204. The lowest BCUT2D eigenvalue weighted by molar-refractivity contribution is 0.00817. The molecular weight excluding hydrogens is 212 g/mol. The summed E-state index contributed by atoms with van der Waals surface area (Å²) in [6.07, 6.45) is 8.73. The monoisotopic (exact) mass is 240 g/mol.